The summed E-state index contributed by atoms with van der Waals surface area (Å²) in [6, 6.07) is 0. The van der Waals surface area contributed by atoms with Crippen LogP contribution in [0.25, 0.3) is 0 Å². The van der Waals surface area contributed by atoms with E-state index in [0.717, 1.165) is 0 Å². The summed E-state index contributed by atoms with van der Waals surface area (Å²) in [5, 5.41) is 44.2. The van der Waals surface area contributed by atoms with Gasteiger partial charge in [-0.1, -0.05) is 0 Å². The van der Waals surface area contributed by atoms with E-state index in [1.807, 2.05) is 0 Å². The molecule has 0 amide bonds. The van der Waals surface area contributed by atoms with E-state index >= 15 is 0 Å². The van der Waals surface area contributed by atoms with Gasteiger partial charge in [-0.3, -0.25) is 0 Å². The first-order valence-electron chi connectivity index (χ1n) is 1.64. The van der Waals surface area contributed by atoms with E-state index in [4.69, 9.17) is 46.0 Å². The minimum Gasteiger partial charge on any atom is -0.412 e. The molecule has 0 heterocycles. The summed E-state index contributed by atoms with van der Waals surface area (Å²) in [6.45, 7) is 0. The second kappa shape index (κ2) is 90.3. The summed E-state index contributed by atoms with van der Waals surface area (Å²) in [7, 11) is 0. The van der Waals surface area contributed by atoms with Crippen molar-refractivity contribution in [3.05, 3.63) is 46.0 Å². The molecule has 19 nitrogen and oxygen atoms in total. The van der Waals surface area contributed by atoms with Crippen LogP contribution in [0.15, 0.2) is 0 Å². The van der Waals surface area contributed by atoms with Crippen molar-refractivity contribution in [2.24, 2.45) is 0 Å². The van der Waals surface area contributed by atoms with E-state index in [1.165, 1.54) is 0 Å². The number of hydrogen-bond donors (Lipinski definition) is 0. The first kappa shape index (κ1) is 108. The molecule has 0 aromatic rings. The zero-order chi connectivity index (χ0) is 10.7. The second-order valence-electron chi connectivity index (χ2n) is 0.671. The van der Waals surface area contributed by atoms with Crippen LogP contribution in [0.3, 0.4) is 0 Å². The fourth-order valence-electron chi connectivity index (χ4n) is 0. The molecule has 1 radical (unpaired) electrons. The van der Waals surface area contributed by atoms with Gasteiger partial charge < -0.3 is 84.3 Å². The molecule has 0 saturated heterocycles. The van der Waals surface area contributed by atoms with Gasteiger partial charge in [0.25, 0.3) is 0 Å². The molecular formula is H14FeN3O16. The molecule has 0 fully saturated rings. The molecule has 0 bridgehead atoms. The van der Waals surface area contributed by atoms with Gasteiger partial charge in [0, 0.05) is 0 Å². The van der Waals surface area contributed by atoms with Crippen LogP contribution in [0.2, 0.25) is 0 Å². The van der Waals surface area contributed by atoms with Crippen LogP contribution >= 0.6 is 0 Å². The summed E-state index contributed by atoms with van der Waals surface area (Å²) in [6.07, 6.45) is 0. The predicted octanol–water partition coefficient (Wildman–Crippen LogP) is -6.49. The van der Waals surface area contributed by atoms with Crippen LogP contribution in [-0.4, -0.2) is 53.6 Å². The smallest absolute Gasteiger partial charge is 0.412 e. The monoisotopic (exact) mass is 368 g/mol. The van der Waals surface area contributed by atoms with Gasteiger partial charge in [0.05, 0.1) is 15.3 Å². The Kier molecular flexibility index (Phi) is 488. The molecule has 20 heavy (non-hydrogen) atoms. The van der Waals surface area contributed by atoms with Crippen LogP contribution in [0, 0.1) is 46.0 Å². The number of hydrogen-bond acceptors (Lipinski definition) is 9. The zero-order valence-electron chi connectivity index (χ0n) is 8.87. The van der Waals surface area contributed by atoms with Crippen molar-refractivity contribution in [3.63, 3.8) is 0 Å². The third-order valence-corrected chi connectivity index (χ3v) is 0. The Bertz CT molecular complexity index is 115. The molecule has 0 aromatic carbocycles. The standard InChI is InChI=1S/Fe.3NO3.7H2O/c;3*2-1(3)4;;;;;;;/h;;;;7*1H2/q+3;3*-1;;;;;;;. The second-order valence-corrected chi connectivity index (χ2v) is 0.671. The Morgan fingerprint density at radius 3 is 0.400 bits per heavy atom. The van der Waals surface area contributed by atoms with E-state index in [-0.39, 0.29) is 55.4 Å². The van der Waals surface area contributed by atoms with Gasteiger partial charge in [-0.2, -0.15) is 0 Å². The molecule has 0 aromatic heterocycles. The summed E-state index contributed by atoms with van der Waals surface area (Å²) in [5.41, 5.74) is 0. The van der Waals surface area contributed by atoms with Crippen molar-refractivity contribution < 1.29 is 70.7 Å². The first-order valence-corrected chi connectivity index (χ1v) is 1.64. The van der Waals surface area contributed by atoms with Crippen LogP contribution in [-0.2, 0) is 17.1 Å². The van der Waals surface area contributed by atoms with E-state index < -0.39 is 15.3 Å². The van der Waals surface area contributed by atoms with Crippen LogP contribution in [0.4, 0.5) is 0 Å². The zero-order valence-corrected chi connectivity index (χ0v) is 9.97. The number of nitrogens with zero attached hydrogens (tertiary/aromatic N) is 3. The molecule has 0 aliphatic carbocycles. The minimum atomic E-state index is -1.75. The Morgan fingerprint density at radius 2 is 0.400 bits per heavy atom. The first-order chi connectivity index (χ1) is 5.20. The van der Waals surface area contributed by atoms with Crippen LogP contribution < -0.4 is 0 Å². The topological polar surface area (TPSA) is 419 Å². The van der Waals surface area contributed by atoms with Crippen LogP contribution in [0.5, 0.6) is 0 Å². The van der Waals surface area contributed by atoms with E-state index in [2.05, 4.69) is 0 Å². The van der Waals surface area contributed by atoms with E-state index in [1.54, 1.807) is 0 Å². The third kappa shape index (κ3) is 747. The molecule has 14 N–H and O–H groups in total. The van der Waals surface area contributed by atoms with Crippen molar-refractivity contribution in [1.29, 1.82) is 0 Å². The van der Waals surface area contributed by atoms with Gasteiger partial charge >= 0.3 is 17.1 Å². The third-order valence-electron chi connectivity index (χ3n) is 0. The van der Waals surface area contributed by atoms with Crippen molar-refractivity contribution in [2.75, 3.05) is 0 Å². The van der Waals surface area contributed by atoms with Gasteiger partial charge in [0.1, 0.15) is 0 Å². The molecule has 0 rings (SSSR count). The maximum Gasteiger partial charge on any atom is 3.00 e. The molecular weight excluding hydrogens is 354 g/mol. The molecule has 0 saturated carbocycles. The molecule has 20 heteroatoms. The molecule has 133 valence electrons. The molecule has 0 aliphatic rings. The van der Waals surface area contributed by atoms with Crippen molar-refractivity contribution in [1.82, 2.24) is 0 Å². The minimum absolute atomic E-state index is 0. The van der Waals surface area contributed by atoms with E-state index in [9.17, 15) is 0 Å². The summed E-state index contributed by atoms with van der Waals surface area (Å²) in [4.78, 5) is 24.8. The summed E-state index contributed by atoms with van der Waals surface area (Å²) in [5.74, 6) is 0. The summed E-state index contributed by atoms with van der Waals surface area (Å²) >= 11 is 0. The SMILES string of the molecule is O.O.O.O.O.O.O.O=[N+]([O-])[O-].O=[N+]([O-])[O-].O=[N+]([O-])[O-].[Fe+3]. The maximum atomic E-state index is 8.25. The Morgan fingerprint density at radius 1 is 0.400 bits per heavy atom. The van der Waals surface area contributed by atoms with Crippen molar-refractivity contribution in [3.8, 4) is 0 Å². The Labute approximate surface area is 118 Å². The molecule has 0 spiro atoms. The van der Waals surface area contributed by atoms with Gasteiger partial charge in [-0.05, 0) is 0 Å². The normalized spacial score (nSPS) is 3.60. The summed E-state index contributed by atoms with van der Waals surface area (Å²) < 4.78 is 0. The Hall–Kier alpha value is -2.16. The largest absolute Gasteiger partial charge is 3.00 e. The van der Waals surface area contributed by atoms with Gasteiger partial charge in [0.15, 0.2) is 0 Å². The average molecular weight is 368 g/mol. The average Bonchev–Trinajstić information content (AvgIpc) is 1.54. The van der Waals surface area contributed by atoms with Gasteiger partial charge in [0.2, 0.25) is 0 Å². The van der Waals surface area contributed by atoms with Crippen LogP contribution in [0.1, 0.15) is 0 Å². The quantitative estimate of drug-likeness (QED) is 0.222. The van der Waals surface area contributed by atoms with Crippen molar-refractivity contribution >= 4 is 0 Å². The maximum absolute atomic E-state index is 8.25. The predicted molar refractivity (Wildman–Crippen MR) is 56.4 cm³/mol. The van der Waals surface area contributed by atoms with Gasteiger partial charge in [-0.25, -0.2) is 0 Å². The molecule has 0 unspecified atom stereocenters. The fourth-order valence-corrected chi connectivity index (χ4v) is 0. The number of rotatable bonds is 0. The Balaban J connectivity index is -0.00000000562. The van der Waals surface area contributed by atoms with Crippen molar-refractivity contribution in [2.45, 2.75) is 0 Å². The van der Waals surface area contributed by atoms with E-state index in [0.29, 0.717) is 0 Å². The van der Waals surface area contributed by atoms with Gasteiger partial charge in [-0.15, -0.1) is 0 Å². The molecule has 0 atom stereocenters. The fraction of sp³-hybridized carbons (Fsp3) is 0. The molecule has 0 aliphatic heterocycles.